The van der Waals surface area contributed by atoms with Gasteiger partial charge in [-0.1, -0.05) is 0 Å². The van der Waals surface area contributed by atoms with Crippen molar-refractivity contribution in [1.82, 2.24) is 0 Å². The third kappa shape index (κ3) is 1.28. The first-order valence-electron chi connectivity index (χ1n) is 4.01. The summed E-state index contributed by atoms with van der Waals surface area (Å²) in [4.78, 5) is 0. The molecular weight excluding hydrogens is 144 g/mol. The van der Waals surface area contributed by atoms with Crippen molar-refractivity contribution in [1.29, 1.82) is 0 Å². The third-order valence-corrected chi connectivity index (χ3v) is 2.56. The van der Waals surface area contributed by atoms with Crippen LogP contribution in [0.4, 0.5) is 0 Å². The molecule has 0 unspecified atom stereocenters. The summed E-state index contributed by atoms with van der Waals surface area (Å²) in [5.41, 5.74) is -0.216. The predicted molar refractivity (Wildman–Crippen MR) is 39.3 cm³/mol. The highest BCUT2D eigenvalue weighted by Gasteiger charge is 2.56. The highest BCUT2D eigenvalue weighted by atomic mass is 16.6. The fraction of sp³-hybridized carbons (Fsp3) is 1.00. The summed E-state index contributed by atoms with van der Waals surface area (Å²) in [7, 11) is 0. The molecule has 2 atom stereocenters. The van der Waals surface area contributed by atoms with Gasteiger partial charge in [0.25, 0.3) is 0 Å². The van der Waals surface area contributed by atoms with Crippen molar-refractivity contribution in [3.8, 4) is 0 Å². The number of ether oxygens (including phenoxy) is 2. The minimum Gasteiger partial charge on any atom is -0.393 e. The minimum absolute atomic E-state index is 0.0219. The number of epoxide rings is 2. The third-order valence-electron chi connectivity index (χ3n) is 2.56. The van der Waals surface area contributed by atoms with Gasteiger partial charge in [-0.05, 0) is 13.8 Å². The van der Waals surface area contributed by atoms with Gasteiger partial charge in [0.1, 0.15) is 5.60 Å². The molecule has 2 aliphatic rings. The number of hydrogen-bond donors (Lipinski definition) is 1. The van der Waals surface area contributed by atoms with Crippen molar-refractivity contribution < 1.29 is 14.6 Å². The van der Waals surface area contributed by atoms with Crippen LogP contribution in [0.5, 0.6) is 0 Å². The molecule has 2 saturated heterocycles. The molecule has 2 rings (SSSR count). The summed E-state index contributed by atoms with van der Waals surface area (Å²) in [6.07, 6.45) is 1.13. The first-order chi connectivity index (χ1) is 5.08. The maximum absolute atomic E-state index is 8.92. The molecule has 0 aromatic rings. The average Bonchev–Trinajstić information content (AvgIpc) is 2.78. The second kappa shape index (κ2) is 1.97. The fourth-order valence-electron chi connectivity index (χ4n) is 1.33. The molecule has 64 valence electrons. The summed E-state index contributed by atoms with van der Waals surface area (Å²) in [5.74, 6) is 0. The van der Waals surface area contributed by atoms with Crippen LogP contribution in [0.1, 0.15) is 20.3 Å². The lowest BCUT2D eigenvalue weighted by atomic mass is 9.99. The van der Waals surface area contributed by atoms with E-state index in [0.717, 1.165) is 6.42 Å². The molecule has 0 aromatic carbocycles. The average molecular weight is 158 g/mol. The fourth-order valence-corrected chi connectivity index (χ4v) is 1.33. The van der Waals surface area contributed by atoms with Crippen LogP contribution in [0.3, 0.4) is 0 Å². The highest BCUT2D eigenvalue weighted by Crippen LogP contribution is 2.44. The van der Waals surface area contributed by atoms with Crippen molar-refractivity contribution in [2.45, 2.75) is 37.6 Å². The molecule has 11 heavy (non-hydrogen) atoms. The lowest BCUT2D eigenvalue weighted by Crippen LogP contribution is -2.21. The topological polar surface area (TPSA) is 45.3 Å². The zero-order valence-electron chi connectivity index (χ0n) is 6.96. The zero-order chi connectivity index (χ0) is 8.11. The van der Waals surface area contributed by atoms with Gasteiger partial charge in [-0.25, -0.2) is 0 Å². The van der Waals surface area contributed by atoms with E-state index in [1.54, 1.807) is 0 Å². The number of hydrogen-bond acceptors (Lipinski definition) is 3. The predicted octanol–water partition coefficient (Wildman–Crippen LogP) is 0.315. The van der Waals surface area contributed by atoms with Crippen LogP contribution in [0.2, 0.25) is 0 Å². The Balaban J connectivity index is 1.84. The van der Waals surface area contributed by atoms with Crippen molar-refractivity contribution in [2.24, 2.45) is 0 Å². The Morgan fingerprint density at radius 1 is 1.55 bits per heavy atom. The maximum Gasteiger partial charge on any atom is 0.117 e. The van der Waals surface area contributed by atoms with E-state index in [1.165, 1.54) is 0 Å². The van der Waals surface area contributed by atoms with Gasteiger partial charge in [0.05, 0.1) is 24.9 Å². The van der Waals surface area contributed by atoms with Gasteiger partial charge in [0.2, 0.25) is 0 Å². The highest BCUT2D eigenvalue weighted by molar-refractivity contribution is 5.04. The van der Waals surface area contributed by atoms with Gasteiger partial charge >= 0.3 is 0 Å². The van der Waals surface area contributed by atoms with Gasteiger partial charge in [-0.3, -0.25) is 0 Å². The molecule has 0 bridgehead atoms. The van der Waals surface area contributed by atoms with E-state index in [-0.39, 0.29) is 23.9 Å². The Morgan fingerprint density at radius 3 is 2.36 bits per heavy atom. The molecule has 3 heteroatoms. The Labute approximate surface area is 66.3 Å². The monoisotopic (exact) mass is 158 g/mol. The second-order valence-electron chi connectivity index (χ2n) is 4.04. The van der Waals surface area contributed by atoms with Crippen molar-refractivity contribution in [2.75, 3.05) is 13.2 Å². The maximum atomic E-state index is 8.92. The van der Waals surface area contributed by atoms with Crippen molar-refractivity contribution in [3.05, 3.63) is 0 Å². The zero-order valence-corrected chi connectivity index (χ0v) is 6.96. The van der Waals surface area contributed by atoms with Gasteiger partial charge in [0.15, 0.2) is 0 Å². The van der Waals surface area contributed by atoms with E-state index < -0.39 is 0 Å². The largest absolute Gasteiger partial charge is 0.393 e. The molecule has 0 saturated carbocycles. The summed E-state index contributed by atoms with van der Waals surface area (Å²) >= 11 is 0. The van der Waals surface area contributed by atoms with E-state index in [9.17, 15) is 0 Å². The van der Waals surface area contributed by atoms with Gasteiger partial charge in [-0.15, -0.1) is 0 Å². The van der Waals surface area contributed by atoms with Crippen molar-refractivity contribution >= 4 is 0 Å². The summed E-state index contributed by atoms with van der Waals surface area (Å²) in [6, 6.07) is 0. The van der Waals surface area contributed by atoms with Gasteiger partial charge in [-0.2, -0.15) is 0 Å². The van der Waals surface area contributed by atoms with Crippen molar-refractivity contribution in [3.63, 3.8) is 0 Å². The number of aliphatic hydroxyl groups excluding tert-OH is 1. The number of rotatable bonds is 3. The number of aliphatic hydroxyl groups is 1. The molecule has 0 aliphatic carbocycles. The first-order valence-corrected chi connectivity index (χ1v) is 4.01. The van der Waals surface area contributed by atoms with Crippen LogP contribution in [-0.4, -0.2) is 35.6 Å². The molecule has 0 amide bonds. The van der Waals surface area contributed by atoms with Crippen LogP contribution in [0.25, 0.3) is 0 Å². The molecule has 1 N–H and O–H groups in total. The molecule has 2 heterocycles. The van der Waals surface area contributed by atoms with E-state index >= 15 is 0 Å². The van der Waals surface area contributed by atoms with Gasteiger partial charge in [0, 0.05) is 6.42 Å². The van der Waals surface area contributed by atoms with E-state index in [4.69, 9.17) is 14.6 Å². The standard InChI is InChI=1S/C8H14O3/c1-7(2)6(11-7)3-8(4-9)5-10-8/h6,9H,3-5H2,1-2H3/t6-,8+/m1/s1. The molecule has 2 fully saturated rings. The summed E-state index contributed by atoms with van der Waals surface area (Å²) in [6.45, 7) is 4.94. The summed E-state index contributed by atoms with van der Waals surface area (Å²) in [5, 5.41) is 8.92. The molecule has 0 aromatic heterocycles. The second-order valence-corrected chi connectivity index (χ2v) is 4.04. The van der Waals surface area contributed by atoms with Crippen LogP contribution in [0.15, 0.2) is 0 Å². The Hall–Kier alpha value is -0.120. The van der Waals surface area contributed by atoms with E-state index in [1.807, 2.05) is 0 Å². The quantitative estimate of drug-likeness (QED) is 0.601. The molecule has 2 aliphatic heterocycles. The van der Waals surface area contributed by atoms with Crippen LogP contribution in [0, 0.1) is 0 Å². The first kappa shape index (κ1) is 7.53. The smallest absolute Gasteiger partial charge is 0.117 e. The molecule has 0 spiro atoms. The van der Waals surface area contributed by atoms with E-state index in [2.05, 4.69) is 13.8 Å². The Morgan fingerprint density at radius 2 is 2.09 bits per heavy atom. The SMILES string of the molecule is CC1(C)O[C@@H]1C[C@]1(CO)CO1. The van der Waals surface area contributed by atoms with Crippen LogP contribution in [-0.2, 0) is 9.47 Å². The molecule has 0 radical (unpaired) electrons. The summed E-state index contributed by atoms with van der Waals surface area (Å²) < 4.78 is 10.6. The van der Waals surface area contributed by atoms with Crippen LogP contribution < -0.4 is 0 Å². The normalized spacial score (nSPS) is 45.5. The lowest BCUT2D eigenvalue weighted by molar-refractivity contribution is 0.155. The van der Waals surface area contributed by atoms with E-state index in [0.29, 0.717) is 6.61 Å². The van der Waals surface area contributed by atoms with Gasteiger partial charge < -0.3 is 14.6 Å². The van der Waals surface area contributed by atoms with Crippen LogP contribution >= 0.6 is 0 Å². The minimum atomic E-state index is -0.238. The Kier molecular flexibility index (Phi) is 1.35. The molecule has 3 nitrogen and oxygen atoms in total. The molecular formula is C8H14O3. The lowest BCUT2D eigenvalue weighted by Gasteiger charge is -2.04. The Bertz CT molecular complexity index is 172.